The lowest BCUT2D eigenvalue weighted by molar-refractivity contribution is -0.143. The third-order valence-corrected chi connectivity index (χ3v) is 11.7. The second-order valence-corrected chi connectivity index (χ2v) is 17.0. The molecule has 2 aromatic rings. The van der Waals surface area contributed by atoms with E-state index in [1.54, 1.807) is 56.2 Å². The Bertz CT molecular complexity index is 1700. The largest absolute Gasteiger partial charge is 0.449 e. The molecule has 14 nitrogen and oxygen atoms in total. The van der Waals surface area contributed by atoms with E-state index < -0.39 is 60.3 Å². The molecule has 58 heavy (non-hydrogen) atoms. The first-order valence-electron chi connectivity index (χ1n) is 20.4. The fourth-order valence-electron chi connectivity index (χ4n) is 7.27. The van der Waals surface area contributed by atoms with Crippen molar-refractivity contribution in [1.82, 2.24) is 31.1 Å². The summed E-state index contributed by atoms with van der Waals surface area (Å²) < 4.78 is 5.42. The van der Waals surface area contributed by atoms with Crippen molar-refractivity contribution in [3.05, 3.63) is 71.8 Å². The van der Waals surface area contributed by atoms with E-state index in [1.807, 2.05) is 51.1 Å². The van der Waals surface area contributed by atoms with Crippen molar-refractivity contribution in [2.24, 2.45) is 11.8 Å². The van der Waals surface area contributed by atoms with E-state index >= 15 is 0 Å². The van der Waals surface area contributed by atoms with Crippen molar-refractivity contribution in [3.63, 3.8) is 0 Å². The van der Waals surface area contributed by atoms with Crippen LogP contribution in [-0.4, -0.2) is 108 Å². The summed E-state index contributed by atoms with van der Waals surface area (Å²) in [6, 6.07) is 14.4. The van der Waals surface area contributed by atoms with E-state index in [9.17, 15) is 33.6 Å². The van der Waals surface area contributed by atoms with Crippen LogP contribution in [0.25, 0.3) is 0 Å². The molecule has 0 radical (unpaired) electrons. The minimum Gasteiger partial charge on any atom is -0.449 e. The highest BCUT2D eigenvalue weighted by Crippen LogP contribution is 2.33. The quantitative estimate of drug-likeness (QED) is 0.152. The number of hydrogen-bond acceptors (Lipinski definition) is 9. The van der Waals surface area contributed by atoms with Gasteiger partial charge in [0.25, 0.3) is 5.91 Å². The van der Waals surface area contributed by atoms with Gasteiger partial charge in [-0.25, -0.2) is 4.79 Å². The van der Waals surface area contributed by atoms with Crippen LogP contribution in [0.2, 0.25) is 0 Å². The topological polar surface area (TPSA) is 183 Å². The maximum absolute atomic E-state index is 14.6. The van der Waals surface area contributed by atoms with Crippen molar-refractivity contribution in [1.29, 1.82) is 0 Å². The number of amides is 6. The molecule has 1 saturated heterocycles. The number of benzene rings is 2. The fourth-order valence-corrected chi connectivity index (χ4v) is 8.48. The van der Waals surface area contributed by atoms with Crippen molar-refractivity contribution in [2.45, 2.75) is 107 Å². The standard InChI is InChI=1S/C43H60N6O8S/c1-6-16-33(38(51)40(53)44-24-35(50)46-36(41(54)48(4)5)30-19-12-8-13-20-30)45-39(52)34-23-32(58-27-29-17-10-7-11-18-29)25-49(34)42(55)37(31-21-14-9-15-22-31)47-43(56)57-26-28(2)3/h7-8,10-13,17-20,28,31-34,36-37H,6,9,14-16,21-27H2,1-5H3,(H,44,53)(H,45,52)(H,46,50)(H,47,56)/t32-,33?,34?,36?,37?/m1/s1. The van der Waals surface area contributed by atoms with Gasteiger partial charge in [0.1, 0.15) is 18.1 Å². The van der Waals surface area contributed by atoms with Gasteiger partial charge in [0.2, 0.25) is 29.4 Å². The SMILES string of the molecule is CCCC(NC(=O)C1C[C@@H](SCc2ccccc2)CN1C(=O)C(NC(=O)OCC(C)C)C1CCCCC1)C(=O)C(=O)NCC(=O)NC(C(=O)N(C)C)c1ccccc1. The molecule has 15 heteroatoms. The Balaban J connectivity index is 1.48. The van der Waals surface area contributed by atoms with E-state index in [0.29, 0.717) is 24.2 Å². The number of nitrogens with zero attached hydrogens (tertiary/aromatic N) is 2. The predicted octanol–water partition coefficient (Wildman–Crippen LogP) is 4.14. The van der Waals surface area contributed by atoms with Gasteiger partial charge in [-0.1, -0.05) is 107 Å². The van der Waals surface area contributed by atoms with E-state index in [4.69, 9.17) is 4.74 Å². The molecule has 5 atom stereocenters. The monoisotopic (exact) mass is 820 g/mol. The van der Waals surface area contributed by atoms with Crippen LogP contribution in [0, 0.1) is 11.8 Å². The zero-order chi connectivity index (χ0) is 42.2. The summed E-state index contributed by atoms with van der Waals surface area (Å²) in [6.07, 6.45) is 4.58. The lowest BCUT2D eigenvalue weighted by atomic mass is 9.83. The molecular formula is C43H60N6O8S. The van der Waals surface area contributed by atoms with Gasteiger partial charge in [-0.3, -0.25) is 28.8 Å². The van der Waals surface area contributed by atoms with Gasteiger partial charge in [0.15, 0.2) is 0 Å². The number of Topliss-reactive ketones (excluding diaryl/α,β-unsaturated/α-hetero) is 1. The van der Waals surface area contributed by atoms with E-state index in [2.05, 4.69) is 21.3 Å². The Morgan fingerprint density at radius 3 is 2.16 bits per heavy atom. The van der Waals surface area contributed by atoms with Crippen molar-refractivity contribution in [3.8, 4) is 0 Å². The zero-order valence-corrected chi connectivity index (χ0v) is 35.2. The van der Waals surface area contributed by atoms with Gasteiger partial charge < -0.3 is 35.8 Å². The lowest BCUT2D eigenvalue weighted by Gasteiger charge is -2.34. The minimum atomic E-state index is -1.22. The predicted molar refractivity (Wildman–Crippen MR) is 222 cm³/mol. The summed E-state index contributed by atoms with van der Waals surface area (Å²) in [5.74, 6) is -3.39. The number of carbonyl (C=O) groups is 7. The second-order valence-electron chi connectivity index (χ2n) is 15.7. The fraction of sp³-hybridized carbons (Fsp3) is 0.558. The van der Waals surface area contributed by atoms with Gasteiger partial charge in [0.05, 0.1) is 19.2 Å². The van der Waals surface area contributed by atoms with Crippen molar-refractivity contribution in [2.75, 3.05) is 33.8 Å². The highest BCUT2D eigenvalue weighted by atomic mass is 32.2. The van der Waals surface area contributed by atoms with Gasteiger partial charge in [-0.05, 0) is 48.6 Å². The molecule has 2 aromatic carbocycles. The summed E-state index contributed by atoms with van der Waals surface area (Å²) >= 11 is 1.63. The Morgan fingerprint density at radius 2 is 1.53 bits per heavy atom. The van der Waals surface area contributed by atoms with Crippen LogP contribution >= 0.6 is 11.8 Å². The number of likely N-dealkylation sites (tertiary alicyclic amines) is 1. The minimum absolute atomic E-state index is 0.104. The summed E-state index contributed by atoms with van der Waals surface area (Å²) in [6.45, 7) is 5.52. The molecule has 4 N–H and O–H groups in total. The molecule has 2 fully saturated rings. The first-order valence-corrected chi connectivity index (χ1v) is 21.4. The molecule has 1 heterocycles. The van der Waals surface area contributed by atoms with Crippen LogP contribution in [0.1, 0.15) is 89.3 Å². The van der Waals surface area contributed by atoms with Crippen LogP contribution in [-0.2, 0) is 39.3 Å². The van der Waals surface area contributed by atoms with Gasteiger partial charge in [-0.15, -0.1) is 0 Å². The Kier molecular flexibility index (Phi) is 18.1. The second kappa shape index (κ2) is 22.9. The number of nitrogens with one attached hydrogen (secondary N) is 4. The molecule has 0 aromatic heterocycles. The number of hydrogen-bond donors (Lipinski definition) is 4. The molecule has 1 aliphatic carbocycles. The summed E-state index contributed by atoms with van der Waals surface area (Å²) in [5, 5.41) is 10.5. The Hall–Kier alpha value is -4.92. The smallest absolute Gasteiger partial charge is 0.407 e. The molecule has 6 amide bonds. The average molecular weight is 821 g/mol. The first-order chi connectivity index (χ1) is 27.8. The van der Waals surface area contributed by atoms with Crippen molar-refractivity contribution < 1.29 is 38.3 Å². The first kappa shape index (κ1) is 45.8. The van der Waals surface area contributed by atoms with Gasteiger partial charge >= 0.3 is 6.09 Å². The maximum Gasteiger partial charge on any atom is 0.407 e. The average Bonchev–Trinajstić information content (AvgIpc) is 3.67. The molecule has 2 aliphatic rings. The number of likely N-dealkylation sites (N-methyl/N-ethyl adjacent to an activating group) is 1. The molecule has 0 spiro atoms. The van der Waals surface area contributed by atoms with Crippen LogP contribution in [0.15, 0.2) is 60.7 Å². The highest BCUT2D eigenvalue weighted by molar-refractivity contribution is 7.99. The van der Waals surface area contributed by atoms with Crippen LogP contribution < -0.4 is 21.3 Å². The number of thioether (sulfide) groups is 1. The van der Waals surface area contributed by atoms with Gasteiger partial charge in [-0.2, -0.15) is 11.8 Å². The summed E-state index contributed by atoms with van der Waals surface area (Å²) in [7, 11) is 3.13. The van der Waals surface area contributed by atoms with Crippen LogP contribution in [0.5, 0.6) is 0 Å². The van der Waals surface area contributed by atoms with Crippen LogP contribution in [0.4, 0.5) is 4.79 Å². The number of carbonyl (C=O) groups excluding carboxylic acids is 7. The number of ketones is 1. The molecule has 1 aliphatic heterocycles. The molecule has 4 rings (SSSR count). The van der Waals surface area contributed by atoms with Crippen molar-refractivity contribution >= 4 is 53.2 Å². The normalized spacial score (nSPS) is 18.3. The summed E-state index contributed by atoms with van der Waals surface area (Å²) in [4.78, 5) is 97.2. The molecular weight excluding hydrogens is 761 g/mol. The number of rotatable bonds is 19. The Labute approximate surface area is 346 Å². The van der Waals surface area contributed by atoms with E-state index in [-0.39, 0.29) is 48.5 Å². The van der Waals surface area contributed by atoms with Gasteiger partial charge in [0, 0.05) is 31.6 Å². The number of ether oxygens (including phenoxy) is 1. The molecule has 4 unspecified atom stereocenters. The highest BCUT2D eigenvalue weighted by Gasteiger charge is 2.45. The molecule has 0 bridgehead atoms. The maximum atomic E-state index is 14.6. The van der Waals surface area contributed by atoms with Crippen LogP contribution in [0.3, 0.4) is 0 Å². The third-order valence-electron chi connectivity index (χ3n) is 10.4. The number of alkyl carbamates (subject to hydrolysis) is 1. The van der Waals surface area contributed by atoms with E-state index in [1.165, 1.54) is 9.80 Å². The third kappa shape index (κ3) is 13.6. The lowest BCUT2D eigenvalue weighted by Crippen LogP contribution is -2.58. The Morgan fingerprint density at radius 1 is 0.879 bits per heavy atom. The van der Waals surface area contributed by atoms with E-state index in [0.717, 1.165) is 37.7 Å². The zero-order valence-electron chi connectivity index (χ0n) is 34.4. The molecule has 316 valence electrons. The molecule has 1 saturated carbocycles. The summed E-state index contributed by atoms with van der Waals surface area (Å²) in [5.41, 5.74) is 1.65.